The number of likely N-dealkylation sites (tertiary alicyclic amines) is 1. The van der Waals surface area contributed by atoms with Crippen LogP contribution >= 0.6 is 11.6 Å². The molecule has 1 aromatic heterocycles. The first-order chi connectivity index (χ1) is 7.29. The Balaban J connectivity index is 1.83. The normalized spacial score (nSPS) is 21.3. The SMILES string of the molecule is O=C1CC(CCl)CN1CCc1ncc[nH]1. The van der Waals surface area contributed by atoms with Gasteiger partial charge in [-0.2, -0.15) is 0 Å². The number of alkyl halides is 1. The molecule has 1 saturated heterocycles. The number of halogens is 1. The van der Waals surface area contributed by atoms with Crippen LogP contribution in [0.25, 0.3) is 0 Å². The predicted octanol–water partition coefficient (Wildman–Crippen LogP) is 1.04. The molecule has 0 aromatic carbocycles. The molecule has 1 unspecified atom stereocenters. The van der Waals surface area contributed by atoms with Gasteiger partial charge in [-0.15, -0.1) is 11.6 Å². The molecule has 0 saturated carbocycles. The number of hydrogen-bond donors (Lipinski definition) is 1. The highest BCUT2D eigenvalue weighted by Gasteiger charge is 2.28. The topological polar surface area (TPSA) is 49.0 Å². The van der Waals surface area contributed by atoms with Crippen molar-refractivity contribution in [2.45, 2.75) is 12.8 Å². The monoisotopic (exact) mass is 227 g/mol. The van der Waals surface area contributed by atoms with E-state index in [1.807, 2.05) is 4.90 Å². The Labute approximate surface area is 93.6 Å². The number of carbonyl (C=O) groups is 1. The minimum absolute atomic E-state index is 0.215. The Kier molecular flexibility index (Phi) is 3.26. The highest BCUT2D eigenvalue weighted by atomic mass is 35.5. The van der Waals surface area contributed by atoms with E-state index in [9.17, 15) is 4.79 Å². The van der Waals surface area contributed by atoms with Gasteiger partial charge in [-0.25, -0.2) is 4.98 Å². The minimum Gasteiger partial charge on any atom is -0.349 e. The Morgan fingerprint density at radius 3 is 3.13 bits per heavy atom. The van der Waals surface area contributed by atoms with Gasteiger partial charge in [-0.3, -0.25) is 4.79 Å². The number of H-pyrrole nitrogens is 1. The zero-order chi connectivity index (χ0) is 10.7. The van der Waals surface area contributed by atoms with E-state index in [4.69, 9.17) is 11.6 Å². The van der Waals surface area contributed by atoms with Crippen molar-refractivity contribution in [2.75, 3.05) is 19.0 Å². The zero-order valence-corrected chi connectivity index (χ0v) is 9.20. The van der Waals surface area contributed by atoms with Crippen LogP contribution in [0.2, 0.25) is 0 Å². The Morgan fingerprint density at radius 1 is 1.67 bits per heavy atom. The summed E-state index contributed by atoms with van der Waals surface area (Å²) in [4.78, 5) is 20.6. The predicted molar refractivity (Wildman–Crippen MR) is 57.7 cm³/mol. The van der Waals surface area contributed by atoms with E-state index in [1.54, 1.807) is 12.4 Å². The van der Waals surface area contributed by atoms with Crippen LogP contribution in [0.3, 0.4) is 0 Å². The second kappa shape index (κ2) is 4.66. The summed E-state index contributed by atoms with van der Waals surface area (Å²) >= 11 is 5.74. The zero-order valence-electron chi connectivity index (χ0n) is 8.45. The molecule has 2 rings (SSSR count). The Bertz CT molecular complexity index is 325. The molecule has 2 heterocycles. The molecule has 15 heavy (non-hydrogen) atoms. The third-order valence-electron chi connectivity index (χ3n) is 2.69. The molecule has 4 nitrogen and oxygen atoms in total. The van der Waals surface area contributed by atoms with Gasteiger partial charge in [0.1, 0.15) is 5.82 Å². The second-order valence-electron chi connectivity index (χ2n) is 3.85. The molecule has 1 amide bonds. The number of nitrogens with one attached hydrogen (secondary N) is 1. The Hall–Kier alpha value is -1.03. The van der Waals surface area contributed by atoms with E-state index < -0.39 is 0 Å². The summed E-state index contributed by atoms with van der Waals surface area (Å²) in [7, 11) is 0. The fourth-order valence-electron chi connectivity index (χ4n) is 1.85. The number of aromatic nitrogens is 2. The fraction of sp³-hybridized carbons (Fsp3) is 0.600. The summed E-state index contributed by atoms with van der Waals surface area (Å²) in [6, 6.07) is 0. The lowest BCUT2D eigenvalue weighted by molar-refractivity contribution is -0.127. The number of nitrogens with zero attached hydrogens (tertiary/aromatic N) is 2. The molecule has 0 spiro atoms. The maximum absolute atomic E-state index is 11.5. The quantitative estimate of drug-likeness (QED) is 0.782. The van der Waals surface area contributed by atoms with Gasteiger partial charge < -0.3 is 9.88 Å². The second-order valence-corrected chi connectivity index (χ2v) is 4.16. The molecular weight excluding hydrogens is 214 g/mol. The Morgan fingerprint density at radius 2 is 2.53 bits per heavy atom. The number of hydrogen-bond acceptors (Lipinski definition) is 2. The average Bonchev–Trinajstić information content (AvgIpc) is 2.84. The third-order valence-corrected chi connectivity index (χ3v) is 3.12. The molecule has 82 valence electrons. The first-order valence-corrected chi connectivity index (χ1v) is 5.65. The van der Waals surface area contributed by atoms with Crippen molar-refractivity contribution in [3.63, 3.8) is 0 Å². The lowest BCUT2D eigenvalue weighted by Crippen LogP contribution is -2.27. The summed E-state index contributed by atoms with van der Waals surface area (Å²) in [5.74, 6) is 2.04. The number of amides is 1. The van der Waals surface area contributed by atoms with Crippen LogP contribution in [0, 0.1) is 5.92 Å². The molecule has 0 bridgehead atoms. The summed E-state index contributed by atoms with van der Waals surface area (Å²) in [6.07, 6.45) is 4.90. The number of carbonyl (C=O) groups excluding carboxylic acids is 1. The molecule has 1 atom stereocenters. The standard InChI is InChI=1S/C10H14ClN3O/c11-6-8-5-10(15)14(7-8)4-1-9-12-2-3-13-9/h2-3,8H,1,4-7H2,(H,12,13). The van der Waals surface area contributed by atoms with E-state index in [1.165, 1.54) is 0 Å². The summed E-state index contributed by atoms with van der Waals surface area (Å²) in [5.41, 5.74) is 0. The third kappa shape index (κ3) is 2.50. The first-order valence-electron chi connectivity index (χ1n) is 5.11. The van der Waals surface area contributed by atoms with Crippen LogP contribution in [0.5, 0.6) is 0 Å². The van der Waals surface area contributed by atoms with Crippen molar-refractivity contribution in [1.82, 2.24) is 14.9 Å². The maximum atomic E-state index is 11.5. The number of imidazole rings is 1. The minimum atomic E-state index is 0.215. The largest absolute Gasteiger partial charge is 0.349 e. The lowest BCUT2D eigenvalue weighted by Gasteiger charge is -2.15. The van der Waals surface area contributed by atoms with Crippen LogP contribution in [0.1, 0.15) is 12.2 Å². The fourth-order valence-corrected chi connectivity index (χ4v) is 2.06. The van der Waals surface area contributed by atoms with E-state index in [0.717, 1.165) is 25.3 Å². The van der Waals surface area contributed by atoms with Crippen molar-refractivity contribution in [2.24, 2.45) is 5.92 Å². The van der Waals surface area contributed by atoms with Gasteiger partial charge in [-0.05, 0) is 5.92 Å². The maximum Gasteiger partial charge on any atom is 0.222 e. The highest BCUT2D eigenvalue weighted by Crippen LogP contribution is 2.18. The molecule has 1 N–H and O–H groups in total. The summed E-state index contributed by atoms with van der Waals surface area (Å²) in [6.45, 7) is 1.53. The van der Waals surface area contributed by atoms with Crippen LogP contribution < -0.4 is 0 Å². The highest BCUT2D eigenvalue weighted by molar-refractivity contribution is 6.18. The number of rotatable bonds is 4. The summed E-state index contributed by atoms with van der Waals surface area (Å²) in [5, 5.41) is 0. The summed E-state index contributed by atoms with van der Waals surface area (Å²) < 4.78 is 0. The van der Waals surface area contributed by atoms with Gasteiger partial charge in [0.2, 0.25) is 5.91 Å². The molecule has 1 fully saturated rings. The lowest BCUT2D eigenvalue weighted by atomic mass is 10.1. The molecule has 1 aliphatic heterocycles. The van der Waals surface area contributed by atoms with Gasteiger partial charge in [0.15, 0.2) is 0 Å². The van der Waals surface area contributed by atoms with E-state index in [-0.39, 0.29) is 5.91 Å². The van der Waals surface area contributed by atoms with Gasteiger partial charge in [0.25, 0.3) is 0 Å². The van der Waals surface area contributed by atoms with Crippen LogP contribution in [0.4, 0.5) is 0 Å². The number of aromatic amines is 1. The van der Waals surface area contributed by atoms with Crippen molar-refractivity contribution < 1.29 is 4.79 Å². The van der Waals surface area contributed by atoms with Crippen molar-refractivity contribution in [1.29, 1.82) is 0 Å². The van der Waals surface area contributed by atoms with Crippen molar-refractivity contribution in [3.05, 3.63) is 18.2 Å². The van der Waals surface area contributed by atoms with Gasteiger partial charge in [0.05, 0.1) is 0 Å². The molecular formula is C10H14ClN3O. The molecule has 5 heteroatoms. The van der Waals surface area contributed by atoms with Gasteiger partial charge >= 0.3 is 0 Å². The van der Waals surface area contributed by atoms with Crippen LogP contribution in [-0.4, -0.2) is 39.7 Å². The van der Waals surface area contributed by atoms with E-state index >= 15 is 0 Å². The van der Waals surface area contributed by atoms with Gasteiger partial charge in [-0.1, -0.05) is 0 Å². The molecule has 0 aliphatic carbocycles. The van der Waals surface area contributed by atoms with Crippen LogP contribution in [0.15, 0.2) is 12.4 Å². The van der Waals surface area contributed by atoms with Crippen LogP contribution in [-0.2, 0) is 11.2 Å². The van der Waals surface area contributed by atoms with E-state index in [2.05, 4.69) is 9.97 Å². The smallest absolute Gasteiger partial charge is 0.222 e. The van der Waals surface area contributed by atoms with Crippen molar-refractivity contribution in [3.8, 4) is 0 Å². The van der Waals surface area contributed by atoms with Crippen molar-refractivity contribution >= 4 is 17.5 Å². The average molecular weight is 228 g/mol. The molecule has 1 aliphatic rings. The van der Waals surface area contributed by atoms with E-state index in [0.29, 0.717) is 18.2 Å². The molecule has 0 radical (unpaired) electrons. The van der Waals surface area contributed by atoms with Gasteiger partial charge in [0, 0.05) is 44.2 Å². The molecule has 1 aromatic rings. The first kappa shape index (κ1) is 10.5.